The van der Waals surface area contributed by atoms with Crippen LogP contribution < -0.4 is 20.1 Å². The van der Waals surface area contributed by atoms with Crippen LogP contribution in [0.4, 0.5) is 4.79 Å². The highest BCUT2D eigenvalue weighted by Crippen LogP contribution is 2.34. The van der Waals surface area contributed by atoms with Gasteiger partial charge in [0.15, 0.2) is 11.5 Å². The Labute approximate surface area is 190 Å². The van der Waals surface area contributed by atoms with Crippen LogP contribution in [0, 0.1) is 0 Å². The van der Waals surface area contributed by atoms with Gasteiger partial charge in [0, 0.05) is 0 Å². The number of fused-ring (bicyclic) bond motifs is 1. The number of ether oxygens (including phenoxy) is 4. The number of hydrogen-bond acceptors (Lipinski definition) is 7. The van der Waals surface area contributed by atoms with Gasteiger partial charge in [0.05, 0.1) is 23.9 Å². The largest absolute Gasteiger partial charge is 0.482 e. The van der Waals surface area contributed by atoms with E-state index in [4.69, 9.17) is 18.9 Å². The maximum Gasteiger partial charge on any atom is 0.351 e. The van der Waals surface area contributed by atoms with E-state index in [9.17, 15) is 14.4 Å². The fraction of sp³-hybridized carbons (Fsp3) is 0.292. The predicted octanol–water partition coefficient (Wildman–Crippen LogP) is 2.63. The van der Waals surface area contributed by atoms with Gasteiger partial charge in [0.2, 0.25) is 6.10 Å². The number of amides is 2. The molecule has 2 aromatic rings. The highest BCUT2D eigenvalue weighted by molar-refractivity contribution is 5.95. The smallest absolute Gasteiger partial charge is 0.351 e. The van der Waals surface area contributed by atoms with Crippen molar-refractivity contribution in [3.8, 4) is 11.5 Å². The number of carbonyl (C=O) groups excluding carboxylic acids is 3. The van der Waals surface area contributed by atoms with E-state index in [0.29, 0.717) is 17.1 Å². The molecule has 0 saturated carbocycles. The molecule has 2 heterocycles. The molecular weight excluding hydrogens is 428 g/mol. The quantitative estimate of drug-likeness (QED) is 0.648. The van der Waals surface area contributed by atoms with Crippen LogP contribution >= 0.6 is 0 Å². The van der Waals surface area contributed by atoms with E-state index in [-0.39, 0.29) is 24.5 Å². The lowest BCUT2D eigenvalue weighted by molar-refractivity contribution is -0.157. The molecule has 0 aliphatic carbocycles. The number of nitrogens with one attached hydrogen (secondary N) is 2. The molecule has 0 radical (unpaired) electrons. The standard InChI is InChI=1S/C24H24N2O7/c1-3-30-22(27)19-16(25-24(29)26-20(19)15-9-5-4-6-10-15)13-31-23(28)21-14(2)32-17-11-7-8-12-18(17)33-21/h4-12,14,20-21H,3,13H2,1-2H3,(H2,25,26,29). The number of para-hydroxylation sites is 2. The molecule has 3 atom stereocenters. The maximum atomic E-state index is 12.8. The Hall–Kier alpha value is -4.01. The van der Waals surface area contributed by atoms with Crippen molar-refractivity contribution >= 4 is 18.0 Å². The number of benzene rings is 2. The van der Waals surface area contributed by atoms with E-state index in [1.54, 1.807) is 62.4 Å². The van der Waals surface area contributed by atoms with Crippen molar-refractivity contribution in [3.05, 3.63) is 71.4 Å². The minimum Gasteiger partial charge on any atom is -0.482 e. The molecule has 33 heavy (non-hydrogen) atoms. The summed E-state index contributed by atoms with van der Waals surface area (Å²) in [7, 11) is 0. The summed E-state index contributed by atoms with van der Waals surface area (Å²) in [5.41, 5.74) is 0.993. The van der Waals surface area contributed by atoms with Gasteiger partial charge in [-0.15, -0.1) is 0 Å². The second kappa shape index (κ2) is 9.64. The fourth-order valence-electron chi connectivity index (χ4n) is 3.68. The topological polar surface area (TPSA) is 112 Å². The molecule has 3 unspecified atom stereocenters. The third-order valence-electron chi connectivity index (χ3n) is 5.22. The molecule has 0 spiro atoms. The maximum absolute atomic E-state index is 12.8. The Morgan fingerprint density at radius 3 is 2.33 bits per heavy atom. The van der Waals surface area contributed by atoms with Gasteiger partial charge in [-0.05, 0) is 31.5 Å². The summed E-state index contributed by atoms with van der Waals surface area (Å²) in [6, 6.07) is 14.7. The van der Waals surface area contributed by atoms with Crippen LogP contribution in [0.5, 0.6) is 11.5 Å². The van der Waals surface area contributed by atoms with Crippen LogP contribution in [-0.2, 0) is 19.1 Å². The minimum absolute atomic E-state index is 0.143. The molecule has 2 aliphatic rings. The number of hydrogen-bond donors (Lipinski definition) is 2. The van der Waals surface area contributed by atoms with Crippen molar-refractivity contribution in [2.24, 2.45) is 0 Å². The van der Waals surface area contributed by atoms with Crippen LogP contribution in [0.1, 0.15) is 25.5 Å². The van der Waals surface area contributed by atoms with Crippen LogP contribution in [-0.4, -0.2) is 43.4 Å². The van der Waals surface area contributed by atoms with Crippen molar-refractivity contribution in [1.29, 1.82) is 0 Å². The van der Waals surface area contributed by atoms with Crippen LogP contribution in [0.25, 0.3) is 0 Å². The van der Waals surface area contributed by atoms with Gasteiger partial charge in [0.1, 0.15) is 12.7 Å². The SMILES string of the molecule is CCOC(=O)C1=C(COC(=O)C2Oc3ccccc3OC2C)NC(=O)NC1c1ccccc1. The van der Waals surface area contributed by atoms with E-state index in [0.717, 1.165) is 0 Å². The van der Waals surface area contributed by atoms with Crippen molar-refractivity contribution in [1.82, 2.24) is 10.6 Å². The third-order valence-corrected chi connectivity index (χ3v) is 5.22. The van der Waals surface area contributed by atoms with Crippen LogP contribution in [0.3, 0.4) is 0 Å². The van der Waals surface area contributed by atoms with E-state index in [1.165, 1.54) is 0 Å². The summed E-state index contributed by atoms with van der Waals surface area (Å²) in [4.78, 5) is 37.9. The normalized spacial score (nSPS) is 21.5. The molecule has 2 N–H and O–H groups in total. The summed E-state index contributed by atoms with van der Waals surface area (Å²) in [6.45, 7) is 3.18. The molecule has 0 fully saturated rings. The molecule has 9 heteroatoms. The highest BCUT2D eigenvalue weighted by atomic mass is 16.6. The summed E-state index contributed by atoms with van der Waals surface area (Å²) in [5, 5.41) is 5.30. The molecule has 0 aromatic heterocycles. The van der Waals surface area contributed by atoms with Crippen molar-refractivity contribution in [2.45, 2.75) is 32.1 Å². The monoisotopic (exact) mass is 452 g/mol. The first kappa shape index (κ1) is 22.2. The lowest BCUT2D eigenvalue weighted by Gasteiger charge is -2.31. The lowest BCUT2D eigenvalue weighted by atomic mass is 9.95. The van der Waals surface area contributed by atoms with Crippen molar-refractivity contribution in [2.75, 3.05) is 13.2 Å². The van der Waals surface area contributed by atoms with Crippen LogP contribution in [0.2, 0.25) is 0 Å². The van der Waals surface area contributed by atoms with Gasteiger partial charge < -0.3 is 29.6 Å². The summed E-state index contributed by atoms with van der Waals surface area (Å²) in [6.07, 6.45) is -1.60. The second-order valence-corrected chi connectivity index (χ2v) is 7.47. The zero-order chi connectivity index (χ0) is 23.4. The van der Waals surface area contributed by atoms with E-state index in [1.807, 2.05) is 6.07 Å². The first-order valence-electron chi connectivity index (χ1n) is 10.6. The van der Waals surface area contributed by atoms with Crippen LogP contribution in [0.15, 0.2) is 65.9 Å². The van der Waals surface area contributed by atoms with Crippen molar-refractivity contribution < 1.29 is 33.3 Å². The van der Waals surface area contributed by atoms with Crippen molar-refractivity contribution in [3.63, 3.8) is 0 Å². The molecule has 0 bridgehead atoms. The Kier molecular flexibility index (Phi) is 6.48. The molecule has 0 saturated heterocycles. The molecular formula is C24H24N2O7. The second-order valence-electron chi connectivity index (χ2n) is 7.47. The van der Waals surface area contributed by atoms with Gasteiger partial charge in [-0.1, -0.05) is 42.5 Å². The lowest BCUT2D eigenvalue weighted by Crippen LogP contribution is -2.48. The molecule has 2 aromatic carbocycles. The van der Waals surface area contributed by atoms with Gasteiger partial charge in [-0.2, -0.15) is 0 Å². The number of esters is 2. The average molecular weight is 452 g/mol. The van der Waals surface area contributed by atoms with E-state index >= 15 is 0 Å². The average Bonchev–Trinajstić information content (AvgIpc) is 2.82. The fourth-order valence-corrected chi connectivity index (χ4v) is 3.68. The van der Waals surface area contributed by atoms with Gasteiger partial charge >= 0.3 is 18.0 Å². The highest BCUT2D eigenvalue weighted by Gasteiger charge is 2.37. The molecule has 4 rings (SSSR count). The molecule has 2 amide bonds. The first-order valence-corrected chi connectivity index (χ1v) is 10.6. The Bertz CT molecular complexity index is 1080. The molecule has 9 nitrogen and oxygen atoms in total. The van der Waals surface area contributed by atoms with E-state index < -0.39 is 36.2 Å². The zero-order valence-corrected chi connectivity index (χ0v) is 18.2. The first-order chi connectivity index (χ1) is 16.0. The minimum atomic E-state index is -1.01. The van der Waals surface area contributed by atoms with Gasteiger partial charge in [-0.3, -0.25) is 0 Å². The number of urea groups is 1. The third kappa shape index (κ3) is 4.77. The number of carbonyl (C=O) groups is 3. The Morgan fingerprint density at radius 2 is 1.64 bits per heavy atom. The van der Waals surface area contributed by atoms with Gasteiger partial charge in [-0.25, -0.2) is 14.4 Å². The molecule has 2 aliphatic heterocycles. The predicted molar refractivity (Wildman–Crippen MR) is 116 cm³/mol. The van der Waals surface area contributed by atoms with Gasteiger partial charge in [0.25, 0.3) is 0 Å². The summed E-state index contributed by atoms with van der Waals surface area (Å²) < 4.78 is 22.2. The summed E-state index contributed by atoms with van der Waals surface area (Å²) >= 11 is 0. The summed E-state index contributed by atoms with van der Waals surface area (Å²) in [5.74, 6) is -0.331. The zero-order valence-electron chi connectivity index (χ0n) is 18.2. The molecule has 172 valence electrons. The van der Waals surface area contributed by atoms with E-state index in [2.05, 4.69) is 10.6 Å². The number of rotatable bonds is 6. The Morgan fingerprint density at radius 1 is 0.970 bits per heavy atom. The Balaban J connectivity index is 1.56.